The van der Waals surface area contributed by atoms with E-state index < -0.39 is 5.91 Å². The number of pyridine rings is 1. The van der Waals surface area contributed by atoms with Crippen LogP contribution in [0, 0.1) is 0 Å². The van der Waals surface area contributed by atoms with E-state index in [2.05, 4.69) is 39.9 Å². The fraction of sp³-hybridized carbons (Fsp3) is 0.208. The van der Waals surface area contributed by atoms with Crippen molar-refractivity contribution in [3.8, 4) is 0 Å². The molecule has 2 amide bonds. The van der Waals surface area contributed by atoms with Crippen LogP contribution in [-0.4, -0.2) is 51.5 Å². The predicted molar refractivity (Wildman–Crippen MR) is 121 cm³/mol. The molecule has 0 aliphatic carbocycles. The second-order valence-electron chi connectivity index (χ2n) is 8.01. The van der Waals surface area contributed by atoms with E-state index in [-0.39, 0.29) is 5.91 Å². The normalized spacial score (nSPS) is 14.4. The number of hydrogen-bond acceptors (Lipinski definition) is 4. The van der Waals surface area contributed by atoms with Crippen molar-refractivity contribution in [2.45, 2.75) is 13.0 Å². The van der Waals surface area contributed by atoms with Crippen LogP contribution in [0.4, 0.5) is 0 Å². The van der Waals surface area contributed by atoms with E-state index in [1.807, 2.05) is 42.6 Å². The summed E-state index contributed by atoms with van der Waals surface area (Å²) in [5.41, 5.74) is 4.11. The van der Waals surface area contributed by atoms with Crippen LogP contribution in [0.15, 0.2) is 61.1 Å². The van der Waals surface area contributed by atoms with Crippen molar-refractivity contribution in [2.75, 3.05) is 20.6 Å². The van der Waals surface area contributed by atoms with E-state index in [1.54, 1.807) is 17.0 Å². The highest BCUT2D eigenvalue weighted by atomic mass is 16.2. The summed E-state index contributed by atoms with van der Waals surface area (Å²) in [6, 6.07) is 13.6. The van der Waals surface area contributed by atoms with Crippen LogP contribution in [0.2, 0.25) is 0 Å². The maximum Gasteiger partial charge on any atom is 0.275 e. The maximum absolute atomic E-state index is 12.9. The van der Waals surface area contributed by atoms with E-state index in [0.29, 0.717) is 11.3 Å². The molecule has 1 aliphatic rings. The van der Waals surface area contributed by atoms with Gasteiger partial charge in [0.1, 0.15) is 5.70 Å². The number of para-hydroxylation sites is 1. The molecule has 31 heavy (non-hydrogen) atoms. The Morgan fingerprint density at radius 3 is 2.65 bits per heavy atom. The van der Waals surface area contributed by atoms with Crippen molar-refractivity contribution in [2.24, 2.45) is 0 Å². The summed E-state index contributed by atoms with van der Waals surface area (Å²) in [5, 5.41) is 3.45. The molecule has 0 spiro atoms. The molecule has 0 saturated heterocycles. The number of aryl methyl sites for hydroxylation is 1. The molecule has 7 nitrogen and oxygen atoms in total. The molecule has 5 rings (SSSR count). The Kier molecular flexibility index (Phi) is 4.67. The molecule has 3 aromatic heterocycles. The molecule has 4 aromatic rings. The number of benzene rings is 1. The highest BCUT2D eigenvalue weighted by Crippen LogP contribution is 2.35. The molecule has 1 aromatic carbocycles. The molecule has 0 bridgehead atoms. The van der Waals surface area contributed by atoms with Crippen molar-refractivity contribution < 1.29 is 9.59 Å². The average Bonchev–Trinajstić information content (AvgIpc) is 3.41. The third-order valence-electron chi connectivity index (χ3n) is 5.67. The lowest BCUT2D eigenvalue weighted by molar-refractivity contribution is -0.122. The zero-order chi connectivity index (χ0) is 21.5. The quantitative estimate of drug-likeness (QED) is 0.494. The maximum atomic E-state index is 12.9. The fourth-order valence-corrected chi connectivity index (χ4v) is 4.28. The Balaban J connectivity index is 1.70. The Labute approximate surface area is 179 Å². The van der Waals surface area contributed by atoms with Crippen molar-refractivity contribution in [3.05, 3.63) is 66.6 Å². The van der Waals surface area contributed by atoms with Crippen molar-refractivity contribution in [1.82, 2.24) is 24.3 Å². The van der Waals surface area contributed by atoms with Gasteiger partial charge in [0.05, 0.1) is 16.6 Å². The van der Waals surface area contributed by atoms with Crippen LogP contribution >= 0.6 is 0 Å². The van der Waals surface area contributed by atoms with Gasteiger partial charge in [-0.15, -0.1) is 0 Å². The van der Waals surface area contributed by atoms with Gasteiger partial charge < -0.3 is 14.0 Å². The number of nitrogens with one attached hydrogen (secondary N) is 1. The summed E-state index contributed by atoms with van der Waals surface area (Å²) in [5.74, 6) is -0.771. The Bertz CT molecular complexity index is 1360. The smallest absolute Gasteiger partial charge is 0.275 e. The standard InChI is InChI=1S/C24H23N5O2/c1-27(2)12-6-13-28-15-17(16-7-3-4-8-19(16)28)21-22(24(31)26-23(21)30)29-14-10-18-20(29)9-5-11-25-18/h3-5,7-11,14-15H,6,12-13H2,1-2H3,(H,26,30,31). The van der Waals surface area contributed by atoms with Gasteiger partial charge in [-0.05, 0) is 51.3 Å². The summed E-state index contributed by atoms with van der Waals surface area (Å²) < 4.78 is 3.93. The highest BCUT2D eigenvalue weighted by Gasteiger charge is 2.34. The van der Waals surface area contributed by atoms with Crippen LogP contribution in [0.3, 0.4) is 0 Å². The van der Waals surface area contributed by atoms with Gasteiger partial charge in [-0.3, -0.25) is 19.9 Å². The second kappa shape index (κ2) is 7.52. The number of fused-ring (bicyclic) bond motifs is 2. The number of amides is 2. The lowest BCUT2D eigenvalue weighted by atomic mass is 10.0. The molecular weight excluding hydrogens is 390 g/mol. The molecule has 156 valence electrons. The van der Waals surface area contributed by atoms with Crippen LogP contribution in [0.25, 0.3) is 33.2 Å². The van der Waals surface area contributed by atoms with E-state index in [1.165, 1.54) is 0 Å². The highest BCUT2D eigenvalue weighted by molar-refractivity contribution is 6.47. The number of rotatable bonds is 6. The van der Waals surface area contributed by atoms with Gasteiger partial charge in [0.2, 0.25) is 0 Å². The van der Waals surface area contributed by atoms with Crippen molar-refractivity contribution in [3.63, 3.8) is 0 Å². The molecule has 0 atom stereocenters. The number of carbonyl (C=O) groups is 2. The van der Waals surface area contributed by atoms with Gasteiger partial charge in [-0.2, -0.15) is 0 Å². The van der Waals surface area contributed by atoms with Gasteiger partial charge in [-0.1, -0.05) is 18.2 Å². The molecule has 1 aliphatic heterocycles. The number of hydrogen-bond donors (Lipinski definition) is 1. The molecule has 0 fully saturated rings. The van der Waals surface area contributed by atoms with Gasteiger partial charge in [-0.25, -0.2) is 0 Å². The zero-order valence-corrected chi connectivity index (χ0v) is 17.5. The molecular formula is C24H23N5O2. The van der Waals surface area contributed by atoms with E-state index in [0.717, 1.165) is 47.0 Å². The van der Waals surface area contributed by atoms with E-state index >= 15 is 0 Å². The van der Waals surface area contributed by atoms with E-state index in [4.69, 9.17) is 0 Å². The third kappa shape index (κ3) is 3.23. The van der Waals surface area contributed by atoms with Gasteiger partial charge in [0.15, 0.2) is 0 Å². The number of nitrogens with zero attached hydrogens (tertiary/aromatic N) is 4. The van der Waals surface area contributed by atoms with Crippen LogP contribution in [0.1, 0.15) is 12.0 Å². The SMILES string of the molecule is CN(C)CCCn1cc(C2=C(n3ccc4ncccc43)C(=O)NC2=O)c2ccccc21. The van der Waals surface area contributed by atoms with Crippen LogP contribution in [-0.2, 0) is 16.1 Å². The molecule has 1 N–H and O–H groups in total. The minimum atomic E-state index is -0.397. The molecule has 0 unspecified atom stereocenters. The molecule has 0 saturated carbocycles. The summed E-state index contributed by atoms with van der Waals surface area (Å²) in [6.07, 6.45) is 6.48. The van der Waals surface area contributed by atoms with Crippen LogP contribution in [0.5, 0.6) is 0 Å². The van der Waals surface area contributed by atoms with Crippen LogP contribution < -0.4 is 5.32 Å². The first-order chi connectivity index (χ1) is 15.0. The molecule has 0 radical (unpaired) electrons. The Morgan fingerprint density at radius 2 is 1.81 bits per heavy atom. The first-order valence-corrected chi connectivity index (χ1v) is 10.3. The number of carbonyl (C=O) groups excluding carboxylic acids is 2. The van der Waals surface area contributed by atoms with Crippen molar-refractivity contribution in [1.29, 1.82) is 0 Å². The number of imide groups is 1. The Hall–Kier alpha value is -3.71. The predicted octanol–water partition coefficient (Wildman–Crippen LogP) is 2.97. The van der Waals surface area contributed by atoms with Crippen molar-refractivity contribution >= 4 is 45.0 Å². The molecule has 4 heterocycles. The molecule has 7 heteroatoms. The summed E-state index contributed by atoms with van der Waals surface area (Å²) in [4.78, 5) is 32.3. The summed E-state index contributed by atoms with van der Waals surface area (Å²) in [6.45, 7) is 1.80. The minimum absolute atomic E-state index is 0.337. The summed E-state index contributed by atoms with van der Waals surface area (Å²) >= 11 is 0. The second-order valence-corrected chi connectivity index (χ2v) is 8.01. The topological polar surface area (TPSA) is 72.2 Å². The zero-order valence-electron chi connectivity index (χ0n) is 17.5. The van der Waals surface area contributed by atoms with E-state index in [9.17, 15) is 9.59 Å². The van der Waals surface area contributed by atoms with Gasteiger partial charge in [0.25, 0.3) is 11.8 Å². The summed E-state index contributed by atoms with van der Waals surface area (Å²) in [7, 11) is 4.11. The third-order valence-corrected chi connectivity index (χ3v) is 5.67. The lowest BCUT2D eigenvalue weighted by Crippen LogP contribution is -2.23. The lowest BCUT2D eigenvalue weighted by Gasteiger charge is -2.10. The first kappa shape index (κ1) is 19.3. The number of aromatic nitrogens is 3. The Morgan fingerprint density at radius 1 is 1.00 bits per heavy atom. The largest absolute Gasteiger partial charge is 0.347 e. The minimum Gasteiger partial charge on any atom is -0.347 e. The fourth-order valence-electron chi connectivity index (χ4n) is 4.28. The van der Waals surface area contributed by atoms with Gasteiger partial charge >= 0.3 is 0 Å². The monoisotopic (exact) mass is 413 g/mol. The first-order valence-electron chi connectivity index (χ1n) is 10.3. The average molecular weight is 413 g/mol. The van der Waals surface area contributed by atoms with Gasteiger partial charge in [0, 0.05) is 41.6 Å².